The third-order valence-electron chi connectivity index (χ3n) is 3.19. The van der Waals surface area contributed by atoms with Gasteiger partial charge in [0.25, 0.3) is 0 Å². The van der Waals surface area contributed by atoms with Gasteiger partial charge in [-0.15, -0.1) is 0 Å². The first-order valence-electron chi connectivity index (χ1n) is 6.32. The number of likely N-dealkylation sites (tertiary alicyclic amines) is 1. The number of carbonyl (C=O) groups excluding carboxylic acids is 3. The molecule has 6 heteroatoms. The average molecular weight is 255 g/mol. The summed E-state index contributed by atoms with van der Waals surface area (Å²) in [5.41, 5.74) is 5.23. The van der Waals surface area contributed by atoms with Gasteiger partial charge in [-0.1, -0.05) is 0 Å². The minimum Gasteiger partial charge on any atom is -0.369 e. The van der Waals surface area contributed by atoms with E-state index in [9.17, 15) is 14.4 Å². The molecule has 102 valence electrons. The summed E-state index contributed by atoms with van der Waals surface area (Å²) in [5, 5.41) is 2.65. The third kappa shape index (κ3) is 4.73. The molecule has 0 radical (unpaired) electrons. The van der Waals surface area contributed by atoms with Crippen LogP contribution in [-0.4, -0.2) is 42.3 Å². The highest BCUT2D eigenvalue weighted by Crippen LogP contribution is 2.17. The van der Waals surface area contributed by atoms with Gasteiger partial charge < -0.3 is 16.0 Å². The number of nitrogens with zero attached hydrogens (tertiary/aromatic N) is 1. The van der Waals surface area contributed by atoms with Crippen LogP contribution in [0.15, 0.2) is 0 Å². The van der Waals surface area contributed by atoms with E-state index < -0.39 is 0 Å². The summed E-state index contributed by atoms with van der Waals surface area (Å²) in [7, 11) is 0. The Morgan fingerprint density at radius 3 is 2.39 bits per heavy atom. The summed E-state index contributed by atoms with van der Waals surface area (Å²) in [4.78, 5) is 35.2. The van der Waals surface area contributed by atoms with Crippen LogP contribution in [0.25, 0.3) is 0 Å². The molecule has 0 spiro atoms. The SMILES string of the molecule is CC(=O)NCCCC(=O)N1CCC(C(N)=O)CC1. The monoisotopic (exact) mass is 255 g/mol. The Balaban J connectivity index is 2.20. The van der Waals surface area contributed by atoms with Crippen molar-refractivity contribution in [3.63, 3.8) is 0 Å². The van der Waals surface area contributed by atoms with Crippen molar-refractivity contribution in [1.82, 2.24) is 10.2 Å². The molecule has 0 aromatic rings. The number of rotatable bonds is 5. The molecule has 0 bridgehead atoms. The Morgan fingerprint density at radius 2 is 1.89 bits per heavy atom. The summed E-state index contributed by atoms with van der Waals surface area (Å²) in [6.45, 7) is 3.19. The van der Waals surface area contributed by atoms with Gasteiger partial charge in [0.15, 0.2) is 0 Å². The van der Waals surface area contributed by atoms with Gasteiger partial charge in [0.05, 0.1) is 0 Å². The fourth-order valence-corrected chi connectivity index (χ4v) is 2.08. The number of amides is 3. The molecule has 1 heterocycles. The topological polar surface area (TPSA) is 92.5 Å². The van der Waals surface area contributed by atoms with E-state index in [0.717, 1.165) is 0 Å². The lowest BCUT2D eigenvalue weighted by molar-refractivity contribution is -0.135. The summed E-state index contributed by atoms with van der Waals surface area (Å²) < 4.78 is 0. The van der Waals surface area contributed by atoms with Gasteiger partial charge in [-0.3, -0.25) is 14.4 Å². The van der Waals surface area contributed by atoms with Gasteiger partial charge in [-0.2, -0.15) is 0 Å². The van der Waals surface area contributed by atoms with Crippen molar-refractivity contribution in [3.8, 4) is 0 Å². The second-order valence-corrected chi connectivity index (χ2v) is 4.64. The summed E-state index contributed by atoms with van der Waals surface area (Å²) in [6, 6.07) is 0. The van der Waals surface area contributed by atoms with Gasteiger partial charge in [-0.25, -0.2) is 0 Å². The Kier molecular flexibility index (Phi) is 5.61. The van der Waals surface area contributed by atoms with E-state index in [-0.39, 0.29) is 23.6 Å². The molecule has 0 aromatic carbocycles. The van der Waals surface area contributed by atoms with Gasteiger partial charge in [-0.05, 0) is 19.3 Å². The molecule has 0 aromatic heterocycles. The highest BCUT2D eigenvalue weighted by Gasteiger charge is 2.25. The molecular formula is C12H21N3O3. The molecule has 1 saturated heterocycles. The van der Waals surface area contributed by atoms with Gasteiger partial charge in [0.1, 0.15) is 0 Å². The quantitative estimate of drug-likeness (QED) is 0.656. The normalized spacial score (nSPS) is 16.4. The van der Waals surface area contributed by atoms with Crippen LogP contribution in [0.2, 0.25) is 0 Å². The number of piperidine rings is 1. The van der Waals surface area contributed by atoms with Crippen LogP contribution in [0, 0.1) is 5.92 Å². The van der Waals surface area contributed by atoms with Crippen molar-refractivity contribution in [3.05, 3.63) is 0 Å². The molecular weight excluding hydrogens is 234 g/mol. The van der Waals surface area contributed by atoms with Crippen molar-refractivity contribution < 1.29 is 14.4 Å². The zero-order chi connectivity index (χ0) is 13.5. The number of nitrogens with two attached hydrogens (primary N) is 1. The maximum atomic E-state index is 11.8. The van der Waals surface area contributed by atoms with Crippen molar-refractivity contribution in [2.24, 2.45) is 11.7 Å². The minimum absolute atomic E-state index is 0.0790. The van der Waals surface area contributed by atoms with E-state index in [1.54, 1.807) is 4.90 Å². The van der Waals surface area contributed by atoms with Crippen molar-refractivity contribution in [2.75, 3.05) is 19.6 Å². The summed E-state index contributed by atoms with van der Waals surface area (Å²) in [6.07, 6.45) is 2.40. The first-order chi connectivity index (χ1) is 8.50. The van der Waals surface area contributed by atoms with Crippen LogP contribution < -0.4 is 11.1 Å². The molecule has 0 unspecified atom stereocenters. The van der Waals surface area contributed by atoms with Crippen LogP contribution in [0.4, 0.5) is 0 Å². The smallest absolute Gasteiger partial charge is 0.222 e. The molecule has 1 aliphatic rings. The van der Waals surface area contributed by atoms with Crippen molar-refractivity contribution in [1.29, 1.82) is 0 Å². The summed E-state index contributed by atoms with van der Waals surface area (Å²) in [5.74, 6) is -0.353. The van der Waals surface area contributed by atoms with Crippen LogP contribution in [-0.2, 0) is 14.4 Å². The second-order valence-electron chi connectivity index (χ2n) is 4.64. The number of hydrogen-bond donors (Lipinski definition) is 2. The highest BCUT2D eigenvalue weighted by molar-refractivity contribution is 5.79. The average Bonchev–Trinajstić information content (AvgIpc) is 2.34. The van der Waals surface area contributed by atoms with E-state index in [0.29, 0.717) is 45.3 Å². The second kappa shape index (κ2) is 6.98. The zero-order valence-corrected chi connectivity index (χ0v) is 10.8. The standard InChI is InChI=1S/C12H21N3O3/c1-9(16)14-6-2-3-11(17)15-7-4-10(5-8-15)12(13)18/h10H,2-8H2,1H3,(H2,13,18)(H,14,16). The van der Waals surface area contributed by atoms with Gasteiger partial charge >= 0.3 is 0 Å². The molecule has 3 N–H and O–H groups in total. The lowest BCUT2D eigenvalue weighted by Crippen LogP contribution is -2.41. The number of hydrogen-bond acceptors (Lipinski definition) is 3. The maximum absolute atomic E-state index is 11.8. The van der Waals surface area contributed by atoms with Crippen LogP contribution in [0.5, 0.6) is 0 Å². The number of primary amides is 1. The summed E-state index contributed by atoms with van der Waals surface area (Å²) >= 11 is 0. The van der Waals surface area contributed by atoms with E-state index in [1.165, 1.54) is 6.92 Å². The van der Waals surface area contributed by atoms with E-state index in [2.05, 4.69) is 5.32 Å². The van der Waals surface area contributed by atoms with Crippen molar-refractivity contribution >= 4 is 17.7 Å². The number of carbonyl (C=O) groups is 3. The first-order valence-corrected chi connectivity index (χ1v) is 6.32. The zero-order valence-electron chi connectivity index (χ0n) is 10.8. The number of nitrogens with one attached hydrogen (secondary N) is 1. The molecule has 18 heavy (non-hydrogen) atoms. The maximum Gasteiger partial charge on any atom is 0.222 e. The molecule has 0 aliphatic carbocycles. The first kappa shape index (κ1) is 14.5. The molecule has 1 aliphatic heterocycles. The predicted octanol–water partition coefficient (Wildman–Crippen LogP) is -0.373. The molecule has 1 rings (SSSR count). The van der Waals surface area contributed by atoms with Crippen molar-refractivity contribution in [2.45, 2.75) is 32.6 Å². The van der Waals surface area contributed by atoms with Crippen LogP contribution in [0.3, 0.4) is 0 Å². The van der Waals surface area contributed by atoms with E-state index in [1.807, 2.05) is 0 Å². The Bertz CT molecular complexity index is 323. The minimum atomic E-state index is -0.271. The fraction of sp³-hybridized carbons (Fsp3) is 0.750. The molecule has 6 nitrogen and oxygen atoms in total. The lowest BCUT2D eigenvalue weighted by Gasteiger charge is -2.30. The highest BCUT2D eigenvalue weighted by atomic mass is 16.2. The molecule has 1 fully saturated rings. The van der Waals surface area contributed by atoms with E-state index in [4.69, 9.17) is 5.73 Å². The Labute approximate surface area is 107 Å². The van der Waals surface area contributed by atoms with Gasteiger partial charge in [0, 0.05) is 38.9 Å². The molecule has 0 saturated carbocycles. The fourth-order valence-electron chi connectivity index (χ4n) is 2.08. The van der Waals surface area contributed by atoms with Gasteiger partial charge in [0.2, 0.25) is 17.7 Å². The predicted molar refractivity (Wildman–Crippen MR) is 66.4 cm³/mol. The Morgan fingerprint density at radius 1 is 1.28 bits per heavy atom. The molecule has 3 amide bonds. The Hall–Kier alpha value is -1.59. The van der Waals surface area contributed by atoms with E-state index >= 15 is 0 Å². The largest absolute Gasteiger partial charge is 0.369 e. The third-order valence-corrected chi connectivity index (χ3v) is 3.19. The van der Waals surface area contributed by atoms with Crippen LogP contribution in [0.1, 0.15) is 32.6 Å². The lowest BCUT2D eigenvalue weighted by atomic mass is 9.96. The van der Waals surface area contributed by atoms with Crippen LogP contribution >= 0.6 is 0 Å². The molecule has 0 atom stereocenters.